The molecule has 0 aromatic rings. The van der Waals surface area contributed by atoms with Crippen molar-refractivity contribution in [2.24, 2.45) is 0 Å². The van der Waals surface area contributed by atoms with Gasteiger partial charge in [0.25, 0.3) is 30.3 Å². The minimum atomic E-state index is -4.91. The van der Waals surface area contributed by atoms with Gasteiger partial charge in [0.05, 0.1) is 0 Å². The van der Waals surface area contributed by atoms with E-state index in [2.05, 4.69) is 75.8 Å². The molecule has 24 nitrogen and oxygen atoms in total. The van der Waals surface area contributed by atoms with Crippen molar-refractivity contribution in [1.29, 1.82) is 0 Å². The van der Waals surface area contributed by atoms with E-state index in [9.17, 15) is 131 Å². The molecule has 8 aliphatic heterocycles. The molecule has 8 rings (SSSR count). The highest BCUT2D eigenvalue weighted by Gasteiger charge is 2.64. The van der Waals surface area contributed by atoms with Crippen molar-refractivity contribution < 1.29 is 206 Å². The monoisotopic (exact) mass is 1260 g/mol. The molecular weight excluding hydrogens is 1230 g/mol. The van der Waals surface area contributed by atoms with Gasteiger partial charge in [0.1, 0.15) is 12.7 Å². The second-order valence-corrected chi connectivity index (χ2v) is 16.0. The fourth-order valence-electron chi connectivity index (χ4n) is 4.74. The van der Waals surface area contributed by atoms with Crippen LogP contribution in [-0.2, 0) is 75.8 Å². The van der Waals surface area contributed by atoms with Gasteiger partial charge in [0.2, 0.25) is 24.4 Å². The second-order valence-electron chi connectivity index (χ2n) is 16.0. The maximum Gasteiger partial charge on any atom is 0.514 e. The number of hydrogen-bond acceptors (Lipinski definition) is 24. The number of ether oxygens (including phenoxy) is 16. The van der Waals surface area contributed by atoms with Crippen LogP contribution in [0.1, 0.15) is 61.8 Å². The van der Waals surface area contributed by atoms with Crippen molar-refractivity contribution >= 4 is 49.2 Å². The van der Waals surface area contributed by atoms with E-state index in [1.165, 1.54) is 13.8 Å². The van der Waals surface area contributed by atoms with Crippen LogP contribution in [0, 0.1) is 0 Å². The van der Waals surface area contributed by atoms with Gasteiger partial charge in [-0.05, 0) is 27.2 Å². The Morgan fingerprint density at radius 3 is 1.01 bits per heavy atom. The van der Waals surface area contributed by atoms with Crippen LogP contribution in [0.5, 0.6) is 0 Å². The van der Waals surface area contributed by atoms with E-state index in [1.807, 2.05) is 0 Å². The third-order valence-corrected chi connectivity index (χ3v) is 9.20. The SMILES string of the molecule is CC(F)(F)C1OC(=O)OC1(F)F.CC1(F)OC(=O)OC1(C)F.CC1OC(=O)OC1(C)F.CC1OC(=O)OC1(F)F.CC1OC(=O)OC1C(F)(F)F.CCC1OC(=O)OC1(F)F.O=C1OC(F)C(C(F)(F)F)O1.O=C1OCC(C(F)(F)F)O1. The molecule has 0 saturated carbocycles. The van der Waals surface area contributed by atoms with E-state index in [-0.39, 0.29) is 13.3 Å². The van der Waals surface area contributed by atoms with Gasteiger partial charge in [-0.2, -0.15) is 83.4 Å². The van der Waals surface area contributed by atoms with Gasteiger partial charge in [0, 0.05) is 27.7 Å². The van der Waals surface area contributed by atoms with E-state index < -0.39 is 171 Å². The van der Waals surface area contributed by atoms with Crippen LogP contribution in [0.3, 0.4) is 0 Å². The Morgan fingerprint density at radius 1 is 0.439 bits per heavy atom. The maximum atomic E-state index is 12.7. The first-order valence-corrected chi connectivity index (χ1v) is 21.0. The molecule has 82 heavy (non-hydrogen) atoms. The first kappa shape index (κ1) is 72.7. The van der Waals surface area contributed by atoms with E-state index in [0.717, 1.165) is 34.6 Å². The van der Waals surface area contributed by atoms with Gasteiger partial charge in [-0.25, -0.2) is 47.1 Å². The molecule has 8 saturated heterocycles. The zero-order valence-corrected chi connectivity index (χ0v) is 41.3. The zero-order valence-electron chi connectivity index (χ0n) is 41.3. The summed E-state index contributed by atoms with van der Waals surface area (Å²) < 4.78 is 313. The van der Waals surface area contributed by atoms with Gasteiger partial charge in [-0.15, -0.1) is 0 Å². The molecule has 8 heterocycles. The van der Waals surface area contributed by atoms with Gasteiger partial charge in [0.15, 0.2) is 6.10 Å². The summed E-state index contributed by atoms with van der Waals surface area (Å²) in [5.74, 6) is -11.1. The highest BCUT2D eigenvalue weighted by molar-refractivity contribution is 5.65. The predicted octanol–water partition coefficient (Wildman–Crippen LogP) is 11.1. The molecule has 0 aliphatic carbocycles. The van der Waals surface area contributed by atoms with Crippen LogP contribution in [0.4, 0.5) is 131 Å². The summed E-state index contributed by atoms with van der Waals surface area (Å²) in [5, 5.41) is 0. The molecule has 476 valence electrons. The van der Waals surface area contributed by atoms with Crippen LogP contribution >= 0.6 is 0 Å². The predicted molar refractivity (Wildman–Crippen MR) is 200 cm³/mol. The van der Waals surface area contributed by atoms with Crippen LogP contribution in [0.25, 0.3) is 0 Å². The first-order chi connectivity index (χ1) is 36.5. The minimum absolute atomic E-state index is 0.0543. The highest BCUT2D eigenvalue weighted by Crippen LogP contribution is 2.41. The fourth-order valence-corrected chi connectivity index (χ4v) is 4.74. The molecule has 0 amide bonds. The highest BCUT2D eigenvalue weighted by atomic mass is 19.4. The first-order valence-electron chi connectivity index (χ1n) is 21.0. The Labute approximate surface area is 439 Å². The van der Waals surface area contributed by atoms with Gasteiger partial charge < -0.3 is 75.8 Å². The van der Waals surface area contributed by atoms with Crippen molar-refractivity contribution in [2.45, 2.75) is 177 Å². The van der Waals surface area contributed by atoms with E-state index in [1.54, 1.807) is 0 Å². The number of hydrogen-bond donors (Lipinski definition) is 0. The maximum absolute atomic E-state index is 12.7. The average Bonchev–Trinajstić information content (AvgIpc) is 4.13. The Kier molecular flexibility index (Phi) is 23.3. The van der Waals surface area contributed by atoms with Crippen LogP contribution in [0.2, 0.25) is 0 Å². The van der Waals surface area contributed by atoms with Crippen LogP contribution in [0.15, 0.2) is 0 Å². The minimum Gasteiger partial charge on any atom is -0.430 e. The molecule has 0 bridgehead atoms. The Hall–Kier alpha value is -7.31. The van der Waals surface area contributed by atoms with Gasteiger partial charge >= 0.3 is 97.8 Å². The van der Waals surface area contributed by atoms with Crippen molar-refractivity contribution in [2.75, 3.05) is 6.61 Å². The topological polar surface area (TPSA) is 284 Å². The molecule has 0 aromatic heterocycles. The number of halogens is 21. The third-order valence-electron chi connectivity index (χ3n) is 9.20. The quantitative estimate of drug-likeness (QED) is 0.141. The molecule has 0 N–H and O–H groups in total. The zero-order chi connectivity index (χ0) is 64.5. The summed E-state index contributed by atoms with van der Waals surface area (Å²) in [6.07, 6.45) is -53.4. The van der Waals surface area contributed by atoms with E-state index in [0.29, 0.717) is 0 Å². The number of carbonyl (C=O) groups excluding carboxylic acids is 8. The summed E-state index contributed by atoms with van der Waals surface area (Å²) in [6, 6.07) is 0. The third kappa shape index (κ3) is 21.9. The molecule has 0 aromatic carbocycles. The molecule has 8 fully saturated rings. The summed E-state index contributed by atoms with van der Waals surface area (Å²) in [6.45, 7) is 7.33. The largest absolute Gasteiger partial charge is 0.514 e. The fraction of sp³-hybridized carbons (Fsp3) is 0.784. The van der Waals surface area contributed by atoms with Crippen LogP contribution < -0.4 is 0 Å². The molecule has 12 atom stereocenters. The number of cyclic esters (lactones) is 16. The van der Waals surface area contributed by atoms with Gasteiger partial charge in [-0.1, -0.05) is 6.92 Å². The van der Waals surface area contributed by atoms with Crippen molar-refractivity contribution in [3.8, 4) is 0 Å². The lowest BCUT2D eigenvalue weighted by atomic mass is 10.2. The van der Waals surface area contributed by atoms with Crippen molar-refractivity contribution in [3.63, 3.8) is 0 Å². The summed E-state index contributed by atoms with van der Waals surface area (Å²) >= 11 is 0. The molecule has 0 spiro atoms. The normalized spacial score (nSPS) is 33.1. The summed E-state index contributed by atoms with van der Waals surface area (Å²) in [4.78, 5) is 80.5. The smallest absolute Gasteiger partial charge is 0.430 e. The number of alkyl halides is 21. The molecule has 12 unspecified atom stereocenters. The molecular formula is C37H37F21O24. The average molecular weight is 1260 g/mol. The molecule has 0 radical (unpaired) electrons. The van der Waals surface area contributed by atoms with Crippen LogP contribution in [-0.4, -0.2) is 171 Å². The lowest BCUT2D eigenvalue weighted by Crippen LogP contribution is -2.43. The number of rotatable bonds is 2. The Balaban J connectivity index is 0.000000469. The summed E-state index contributed by atoms with van der Waals surface area (Å²) in [7, 11) is 0. The molecule has 8 aliphatic rings. The molecule has 45 heteroatoms. The van der Waals surface area contributed by atoms with E-state index in [4.69, 9.17) is 0 Å². The lowest BCUT2D eigenvalue weighted by Gasteiger charge is -2.19. The Bertz CT molecular complexity index is 2160. The van der Waals surface area contributed by atoms with Crippen molar-refractivity contribution in [1.82, 2.24) is 0 Å². The number of carbonyl (C=O) groups is 8. The van der Waals surface area contributed by atoms with Gasteiger partial charge in [-0.3, -0.25) is 0 Å². The Morgan fingerprint density at radius 2 is 0.854 bits per heavy atom. The lowest BCUT2D eigenvalue weighted by molar-refractivity contribution is -0.246. The summed E-state index contributed by atoms with van der Waals surface area (Å²) in [5.41, 5.74) is 0. The van der Waals surface area contributed by atoms with E-state index >= 15 is 0 Å². The second kappa shape index (κ2) is 26.3. The van der Waals surface area contributed by atoms with Crippen molar-refractivity contribution in [3.05, 3.63) is 0 Å². The standard InChI is InChI=1S/C5H4F4O3.C5H5F3O3.2C5H6F2O3.C5H7FO3.C4H2F4O3.C4H3F3O3.C4H4F2O3/c1-4(6,7)2-5(8,9)12-3(10)11-2;1-2-3(5(6,7)8)11-4(9)10-2;1-4(6)5(2,7)10-3(8)9-4;1-2-3-5(6,7)10-4(8)9-3;1-3-5(2,6)9-4(7)8-3;5-2-1(4(6,7)8)10-3(9)11-2;5-4(6,7)2-1-9-3(8)10-2;1-2-4(5,6)9-3(7)8-2/h2H,1H3;2-3H,1H3;1-2H3;3H,2H2,1H3;3H,1-2H3;1-2H;2H,1H2;2H,1H3.